The lowest BCUT2D eigenvalue weighted by molar-refractivity contribution is -0.129. The second kappa shape index (κ2) is 5.26. The van der Waals surface area contributed by atoms with E-state index in [-0.39, 0.29) is 5.91 Å². The third-order valence-electron chi connectivity index (χ3n) is 3.81. The lowest BCUT2D eigenvalue weighted by atomic mass is 10.3. The second-order valence-electron chi connectivity index (χ2n) is 5.51. The Kier molecular flexibility index (Phi) is 3.46. The van der Waals surface area contributed by atoms with E-state index in [9.17, 15) is 4.79 Å². The molecule has 0 spiro atoms. The minimum Gasteiger partial charge on any atom is -0.370 e. The standard InChI is InChI=1S/C14H21N5O/c1-3-15-11-8-12(17-14(16-11)10-4-5-10)19-7-6-18(2)13(20)9-19/h8,10H,3-7,9H2,1-2H3,(H,15,16,17). The lowest BCUT2D eigenvalue weighted by Gasteiger charge is -2.33. The van der Waals surface area contributed by atoms with Gasteiger partial charge in [0, 0.05) is 38.7 Å². The molecule has 1 aliphatic carbocycles. The topological polar surface area (TPSA) is 61.4 Å². The summed E-state index contributed by atoms with van der Waals surface area (Å²) in [5.74, 6) is 3.32. The van der Waals surface area contributed by atoms with Gasteiger partial charge in [0.2, 0.25) is 5.91 Å². The Labute approximate surface area is 119 Å². The van der Waals surface area contributed by atoms with Crippen LogP contribution in [-0.2, 0) is 4.79 Å². The predicted octanol–water partition coefficient (Wildman–Crippen LogP) is 1.06. The normalized spacial score (nSPS) is 19.4. The quantitative estimate of drug-likeness (QED) is 0.890. The van der Waals surface area contributed by atoms with Crippen molar-refractivity contribution in [2.24, 2.45) is 0 Å². The van der Waals surface area contributed by atoms with Crippen LogP contribution in [0.1, 0.15) is 31.5 Å². The van der Waals surface area contributed by atoms with Gasteiger partial charge in [-0.2, -0.15) is 0 Å². The van der Waals surface area contributed by atoms with Crippen LogP contribution in [0.4, 0.5) is 11.6 Å². The number of aromatic nitrogens is 2. The third kappa shape index (κ3) is 2.69. The zero-order valence-electron chi connectivity index (χ0n) is 12.1. The molecule has 1 aromatic heterocycles. The molecule has 2 heterocycles. The average Bonchev–Trinajstić information content (AvgIpc) is 3.26. The number of hydrogen-bond acceptors (Lipinski definition) is 5. The minimum absolute atomic E-state index is 0.146. The molecule has 2 aliphatic rings. The zero-order chi connectivity index (χ0) is 14.1. The van der Waals surface area contributed by atoms with Gasteiger partial charge in [-0.3, -0.25) is 4.79 Å². The molecule has 1 saturated heterocycles. The molecule has 1 saturated carbocycles. The number of anilines is 2. The molecular weight excluding hydrogens is 254 g/mol. The fourth-order valence-corrected chi connectivity index (χ4v) is 2.36. The molecule has 0 bridgehead atoms. The number of nitrogens with one attached hydrogen (secondary N) is 1. The molecule has 0 atom stereocenters. The van der Waals surface area contributed by atoms with E-state index in [1.807, 2.05) is 13.1 Å². The van der Waals surface area contributed by atoms with Crippen molar-refractivity contribution < 1.29 is 4.79 Å². The molecule has 1 N–H and O–H groups in total. The first-order valence-corrected chi connectivity index (χ1v) is 7.29. The smallest absolute Gasteiger partial charge is 0.241 e. The highest BCUT2D eigenvalue weighted by molar-refractivity contribution is 5.82. The van der Waals surface area contributed by atoms with Gasteiger partial charge in [-0.15, -0.1) is 0 Å². The summed E-state index contributed by atoms with van der Waals surface area (Å²) >= 11 is 0. The van der Waals surface area contributed by atoms with Crippen LogP contribution in [0.15, 0.2) is 6.07 Å². The van der Waals surface area contributed by atoms with Gasteiger partial charge in [0.25, 0.3) is 0 Å². The van der Waals surface area contributed by atoms with E-state index in [1.54, 1.807) is 4.90 Å². The molecule has 6 nitrogen and oxygen atoms in total. The fraction of sp³-hybridized carbons (Fsp3) is 0.643. The molecule has 1 aliphatic heterocycles. The van der Waals surface area contributed by atoms with Crippen LogP contribution in [0.3, 0.4) is 0 Å². The molecule has 6 heteroatoms. The Hall–Kier alpha value is -1.85. The van der Waals surface area contributed by atoms with Gasteiger partial charge in [0.15, 0.2) is 0 Å². The predicted molar refractivity (Wildman–Crippen MR) is 78.0 cm³/mol. The van der Waals surface area contributed by atoms with Crippen molar-refractivity contribution in [3.8, 4) is 0 Å². The maximum atomic E-state index is 11.8. The van der Waals surface area contributed by atoms with Gasteiger partial charge in [0.05, 0.1) is 6.54 Å². The van der Waals surface area contributed by atoms with Crippen LogP contribution in [0.5, 0.6) is 0 Å². The van der Waals surface area contributed by atoms with Gasteiger partial charge in [-0.05, 0) is 19.8 Å². The lowest BCUT2D eigenvalue weighted by Crippen LogP contribution is -2.48. The highest BCUT2D eigenvalue weighted by atomic mass is 16.2. The fourth-order valence-electron chi connectivity index (χ4n) is 2.36. The first-order valence-electron chi connectivity index (χ1n) is 7.29. The van der Waals surface area contributed by atoms with Crippen molar-refractivity contribution in [3.63, 3.8) is 0 Å². The maximum absolute atomic E-state index is 11.8. The Bertz CT molecular complexity index is 514. The third-order valence-corrected chi connectivity index (χ3v) is 3.81. The van der Waals surface area contributed by atoms with Gasteiger partial charge >= 0.3 is 0 Å². The second-order valence-corrected chi connectivity index (χ2v) is 5.51. The zero-order valence-corrected chi connectivity index (χ0v) is 12.1. The van der Waals surface area contributed by atoms with Crippen LogP contribution in [-0.4, -0.2) is 54.0 Å². The van der Waals surface area contributed by atoms with Gasteiger partial charge in [-0.25, -0.2) is 9.97 Å². The van der Waals surface area contributed by atoms with Crippen LogP contribution in [0, 0.1) is 0 Å². The number of hydrogen-bond donors (Lipinski definition) is 1. The van der Waals surface area contributed by atoms with Crippen molar-refractivity contribution in [1.82, 2.24) is 14.9 Å². The summed E-state index contributed by atoms with van der Waals surface area (Å²) in [4.78, 5) is 24.9. The van der Waals surface area contributed by atoms with E-state index >= 15 is 0 Å². The van der Waals surface area contributed by atoms with E-state index in [0.717, 1.165) is 37.1 Å². The SMILES string of the molecule is CCNc1cc(N2CCN(C)C(=O)C2)nc(C2CC2)n1. The first-order chi connectivity index (χ1) is 9.67. The summed E-state index contributed by atoms with van der Waals surface area (Å²) < 4.78 is 0. The summed E-state index contributed by atoms with van der Waals surface area (Å²) in [5.41, 5.74) is 0. The van der Waals surface area contributed by atoms with E-state index in [1.165, 1.54) is 12.8 Å². The maximum Gasteiger partial charge on any atom is 0.241 e. The summed E-state index contributed by atoms with van der Waals surface area (Å²) in [6.45, 7) is 4.87. The largest absolute Gasteiger partial charge is 0.370 e. The molecule has 1 aromatic rings. The van der Waals surface area contributed by atoms with Gasteiger partial charge in [0.1, 0.15) is 17.5 Å². The Morgan fingerprint density at radius 3 is 2.80 bits per heavy atom. The Morgan fingerprint density at radius 2 is 2.15 bits per heavy atom. The van der Waals surface area contributed by atoms with Crippen LogP contribution < -0.4 is 10.2 Å². The van der Waals surface area contributed by atoms with Crippen LogP contribution >= 0.6 is 0 Å². The van der Waals surface area contributed by atoms with Crippen molar-refractivity contribution in [1.29, 1.82) is 0 Å². The van der Waals surface area contributed by atoms with E-state index < -0.39 is 0 Å². The molecule has 2 fully saturated rings. The van der Waals surface area contributed by atoms with Crippen LogP contribution in [0.2, 0.25) is 0 Å². The van der Waals surface area contributed by atoms with E-state index in [4.69, 9.17) is 0 Å². The first kappa shape index (κ1) is 13.1. The van der Waals surface area contributed by atoms with Crippen molar-refractivity contribution in [2.75, 3.05) is 43.4 Å². The highest BCUT2D eigenvalue weighted by Crippen LogP contribution is 2.39. The molecule has 0 unspecified atom stereocenters. The number of carbonyl (C=O) groups excluding carboxylic acids is 1. The molecule has 0 radical (unpaired) electrons. The molecule has 108 valence electrons. The number of piperazine rings is 1. The molecule has 1 amide bonds. The molecular formula is C14H21N5O. The molecule has 20 heavy (non-hydrogen) atoms. The van der Waals surface area contributed by atoms with E-state index in [2.05, 4.69) is 27.1 Å². The van der Waals surface area contributed by atoms with Crippen molar-refractivity contribution in [2.45, 2.75) is 25.7 Å². The number of likely N-dealkylation sites (N-methyl/N-ethyl adjacent to an activating group) is 1. The Morgan fingerprint density at radius 1 is 1.35 bits per heavy atom. The van der Waals surface area contributed by atoms with Crippen molar-refractivity contribution >= 4 is 17.5 Å². The minimum atomic E-state index is 0.146. The highest BCUT2D eigenvalue weighted by Gasteiger charge is 2.29. The Balaban J connectivity index is 1.85. The number of rotatable bonds is 4. The average molecular weight is 275 g/mol. The molecule has 0 aromatic carbocycles. The monoisotopic (exact) mass is 275 g/mol. The summed E-state index contributed by atoms with van der Waals surface area (Å²) in [5, 5.41) is 3.26. The van der Waals surface area contributed by atoms with E-state index in [0.29, 0.717) is 12.5 Å². The summed E-state index contributed by atoms with van der Waals surface area (Å²) in [6, 6.07) is 1.95. The van der Waals surface area contributed by atoms with Gasteiger partial charge < -0.3 is 15.1 Å². The molecule has 3 rings (SSSR count). The number of nitrogens with zero attached hydrogens (tertiary/aromatic N) is 4. The summed E-state index contributed by atoms with van der Waals surface area (Å²) in [7, 11) is 1.85. The van der Waals surface area contributed by atoms with Crippen molar-refractivity contribution in [3.05, 3.63) is 11.9 Å². The summed E-state index contributed by atoms with van der Waals surface area (Å²) in [6.07, 6.45) is 2.35. The number of carbonyl (C=O) groups is 1. The number of amides is 1. The van der Waals surface area contributed by atoms with Gasteiger partial charge in [-0.1, -0.05) is 0 Å². The van der Waals surface area contributed by atoms with Crippen LogP contribution in [0.25, 0.3) is 0 Å².